The zero-order valence-corrected chi connectivity index (χ0v) is 11.6. The van der Waals surface area contributed by atoms with Gasteiger partial charge in [0.05, 0.1) is 6.04 Å². The topological polar surface area (TPSA) is 43.1 Å². The summed E-state index contributed by atoms with van der Waals surface area (Å²) in [5.41, 5.74) is 11.0. The van der Waals surface area contributed by atoms with Gasteiger partial charge in [0.15, 0.2) is 5.78 Å². The Labute approximate surface area is 114 Å². The molecule has 0 heterocycles. The van der Waals surface area contributed by atoms with Crippen LogP contribution < -0.4 is 5.73 Å². The predicted octanol–water partition coefficient (Wildman–Crippen LogP) is 3.49. The van der Waals surface area contributed by atoms with Gasteiger partial charge in [-0.3, -0.25) is 4.79 Å². The molecule has 98 valence electrons. The molecule has 0 aliphatic carbocycles. The van der Waals surface area contributed by atoms with E-state index in [1.807, 2.05) is 63.2 Å². The SMILES string of the molecule is Cc1ccc(C(=O)C(N)c2ccccc2)c(C)c1C. The molecule has 1 atom stereocenters. The molecule has 1 unspecified atom stereocenters. The standard InChI is InChI=1S/C17H19NO/c1-11-9-10-15(13(3)12(11)2)17(19)16(18)14-7-5-4-6-8-14/h4-10,16H,18H2,1-3H3. The molecule has 0 saturated carbocycles. The third kappa shape index (κ3) is 2.59. The third-order valence-electron chi connectivity index (χ3n) is 3.76. The minimum Gasteiger partial charge on any atom is -0.318 e. The summed E-state index contributed by atoms with van der Waals surface area (Å²) in [5, 5.41) is 0. The van der Waals surface area contributed by atoms with E-state index in [0.29, 0.717) is 0 Å². The molecule has 0 spiro atoms. The van der Waals surface area contributed by atoms with Crippen molar-refractivity contribution in [1.82, 2.24) is 0 Å². The Hall–Kier alpha value is -1.93. The van der Waals surface area contributed by atoms with Gasteiger partial charge >= 0.3 is 0 Å². The van der Waals surface area contributed by atoms with Crippen molar-refractivity contribution >= 4 is 5.78 Å². The zero-order chi connectivity index (χ0) is 14.0. The second-order valence-electron chi connectivity index (χ2n) is 4.93. The summed E-state index contributed by atoms with van der Waals surface area (Å²) in [6, 6.07) is 12.8. The fraction of sp³-hybridized carbons (Fsp3) is 0.235. The van der Waals surface area contributed by atoms with Crippen molar-refractivity contribution in [2.75, 3.05) is 0 Å². The molecular formula is C17H19NO. The van der Waals surface area contributed by atoms with Crippen molar-refractivity contribution in [3.05, 3.63) is 70.3 Å². The van der Waals surface area contributed by atoms with Crippen LogP contribution in [0.15, 0.2) is 42.5 Å². The highest BCUT2D eigenvalue weighted by molar-refractivity contribution is 6.02. The van der Waals surface area contributed by atoms with Crippen molar-refractivity contribution in [1.29, 1.82) is 0 Å². The maximum Gasteiger partial charge on any atom is 0.184 e. The van der Waals surface area contributed by atoms with Crippen LogP contribution in [0.25, 0.3) is 0 Å². The van der Waals surface area contributed by atoms with Gasteiger partial charge in [0.2, 0.25) is 0 Å². The second-order valence-corrected chi connectivity index (χ2v) is 4.93. The summed E-state index contributed by atoms with van der Waals surface area (Å²) in [7, 11) is 0. The van der Waals surface area contributed by atoms with Gasteiger partial charge in [-0.2, -0.15) is 0 Å². The molecule has 0 radical (unpaired) electrons. The molecule has 2 aromatic carbocycles. The Balaban J connectivity index is 2.38. The van der Waals surface area contributed by atoms with Crippen molar-refractivity contribution in [3.63, 3.8) is 0 Å². The van der Waals surface area contributed by atoms with Gasteiger partial charge in [-0.25, -0.2) is 0 Å². The average Bonchev–Trinajstić information content (AvgIpc) is 2.44. The molecule has 0 aliphatic rings. The predicted molar refractivity (Wildman–Crippen MR) is 78.4 cm³/mol. The molecule has 0 fully saturated rings. The lowest BCUT2D eigenvalue weighted by Gasteiger charge is -2.15. The molecule has 0 bridgehead atoms. The summed E-state index contributed by atoms with van der Waals surface area (Å²) in [6.45, 7) is 6.07. The molecular weight excluding hydrogens is 234 g/mol. The summed E-state index contributed by atoms with van der Waals surface area (Å²) in [5.74, 6) is -0.0215. The van der Waals surface area contributed by atoms with Crippen LogP contribution >= 0.6 is 0 Å². The van der Waals surface area contributed by atoms with Crippen LogP contribution in [-0.4, -0.2) is 5.78 Å². The van der Waals surface area contributed by atoms with Gasteiger partial charge in [0.1, 0.15) is 0 Å². The Morgan fingerprint density at radius 3 is 2.21 bits per heavy atom. The first kappa shape index (κ1) is 13.5. The molecule has 2 N–H and O–H groups in total. The highest BCUT2D eigenvalue weighted by atomic mass is 16.1. The van der Waals surface area contributed by atoms with Crippen LogP contribution in [0.1, 0.15) is 38.7 Å². The highest BCUT2D eigenvalue weighted by Crippen LogP contribution is 2.22. The Bertz CT molecular complexity index is 602. The van der Waals surface area contributed by atoms with Gasteiger partial charge in [-0.15, -0.1) is 0 Å². The Kier molecular flexibility index (Phi) is 3.82. The average molecular weight is 253 g/mol. The molecule has 2 heteroatoms. The van der Waals surface area contributed by atoms with Gasteiger partial charge in [0.25, 0.3) is 0 Å². The van der Waals surface area contributed by atoms with Crippen LogP contribution in [0.5, 0.6) is 0 Å². The number of rotatable bonds is 3. The van der Waals surface area contributed by atoms with Crippen LogP contribution in [0.3, 0.4) is 0 Å². The zero-order valence-electron chi connectivity index (χ0n) is 11.6. The minimum atomic E-state index is -0.595. The number of aryl methyl sites for hydroxylation is 1. The Morgan fingerprint density at radius 1 is 0.947 bits per heavy atom. The summed E-state index contributed by atoms with van der Waals surface area (Å²) in [6.07, 6.45) is 0. The quantitative estimate of drug-likeness (QED) is 0.851. The molecule has 0 aromatic heterocycles. The van der Waals surface area contributed by atoms with Crippen LogP contribution in [-0.2, 0) is 0 Å². The number of Topliss-reactive ketones (excluding diaryl/α,β-unsaturated/α-hetero) is 1. The lowest BCUT2D eigenvalue weighted by atomic mass is 9.91. The number of carbonyl (C=O) groups excluding carboxylic acids is 1. The Morgan fingerprint density at radius 2 is 1.58 bits per heavy atom. The lowest BCUT2D eigenvalue weighted by Crippen LogP contribution is -2.22. The number of hydrogen-bond donors (Lipinski definition) is 1. The van der Waals surface area contributed by atoms with E-state index in [0.717, 1.165) is 22.3 Å². The summed E-state index contributed by atoms with van der Waals surface area (Å²) in [4.78, 5) is 12.5. The van der Waals surface area contributed by atoms with Crippen molar-refractivity contribution in [3.8, 4) is 0 Å². The molecule has 2 aromatic rings. The van der Waals surface area contributed by atoms with E-state index in [2.05, 4.69) is 0 Å². The number of carbonyl (C=O) groups is 1. The maximum atomic E-state index is 12.5. The number of nitrogens with two attached hydrogens (primary N) is 1. The normalized spacial score (nSPS) is 12.2. The number of benzene rings is 2. The van der Waals surface area contributed by atoms with E-state index in [9.17, 15) is 4.79 Å². The monoisotopic (exact) mass is 253 g/mol. The smallest absolute Gasteiger partial charge is 0.184 e. The fourth-order valence-electron chi connectivity index (χ4n) is 2.20. The molecule has 0 amide bonds. The first-order valence-corrected chi connectivity index (χ1v) is 6.44. The molecule has 2 rings (SSSR count). The van der Waals surface area contributed by atoms with Gasteiger partial charge in [0, 0.05) is 5.56 Å². The van der Waals surface area contributed by atoms with E-state index in [1.165, 1.54) is 5.56 Å². The van der Waals surface area contributed by atoms with Crippen molar-refractivity contribution in [2.45, 2.75) is 26.8 Å². The summed E-state index contributed by atoms with van der Waals surface area (Å²) >= 11 is 0. The van der Waals surface area contributed by atoms with E-state index >= 15 is 0 Å². The first-order chi connectivity index (χ1) is 9.02. The maximum absolute atomic E-state index is 12.5. The van der Waals surface area contributed by atoms with E-state index < -0.39 is 6.04 Å². The molecule has 19 heavy (non-hydrogen) atoms. The summed E-state index contributed by atoms with van der Waals surface area (Å²) < 4.78 is 0. The van der Waals surface area contributed by atoms with E-state index in [-0.39, 0.29) is 5.78 Å². The fourth-order valence-corrected chi connectivity index (χ4v) is 2.20. The third-order valence-corrected chi connectivity index (χ3v) is 3.76. The van der Waals surface area contributed by atoms with E-state index in [1.54, 1.807) is 0 Å². The van der Waals surface area contributed by atoms with Gasteiger partial charge in [-0.05, 0) is 43.0 Å². The number of hydrogen-bond acceptors (Lipinski definition) is 2. The largest absolute Gasteiger partial charge is 0.318 e. The highest BCUT2D eigenvalue weighted by Gasteiger charge is 2.20. The van der Waals surface area contributed by atoms with Gasteiger partial charge < -0.3 is 5.73 Å². The minimum absolute atomic E-state index is 0.0215. The van der Waals surface area contributed by atoms with E-state index in [4.69, 9.17) is 5.73 Å². The van der Waals surface area contributed by atoms with Crippen molar-refractivity contribution in [2.24, 2.45) is 5.73 Å². The lowest BCUT2D eigenvalue weighted by molar-refractivity contribution is 0.0960. The van der Waals surface area contributed by atoms with Crippen LogP contribution in [0.4, 0.5) is 0 Å². The number of ketones is 1. The van der Waals surface area contributed by atoms with Gasteiger partial charge in [-0.1, -0.05) is 42.5 Å². The first-order valence-electron chi connectivity index (χ1n) is 6.44. The van der Waals surface area contributed by atoms with Crippen LogP contribution in [0.2, 0.25) is 0 Å². The van der Waals surface area contributed by atoms with Crippen LogP contribution in [0, 0.1) is 20.8 Å². The van der Waals surface area contributed by atoms with Crippen molar-refractivity contribution < 1.29 is 4.79 Å². The molecule has 0 saturated heterocycles. The molecule has 0 aliphatic heterocycles. The second kappa shape index (κ2) is 5.37. The molecule has 2 nitrogen and oxygen atoms in total.